The Hall–Kier alpha value is -2.21. The number of carbonyl (C=O) groups is 1. The maximum Gasteiger partial charge on any atom is 0.251 e. The highest BCUT2D eigenvalue weighted by molar-refractivity contribution is 6.40. The molecule has 0 bridgehead atoms. The van der Waals surface area contributed by atoms with Gasteiger partial charge in [-0.25, -0.2) is 0 Å². The summed E-state index contributed by atoms with van der Waals surface area (Å²) in [5, 5.41) is 8.32. The molecular weight excluding hydrogens is 433 g/mol. The Bertz CT molecular complexity index is 1010. The summed E-state index contributed by atoms with van der Waals surface area (Å²) >= 11 is 18.2. The third-order valence-electron chi connectivity index (χ3n) is 4.48. The number of hydrogen-bond donors (Lipinski definition) is 1. The van der Waals surface area contributed by atoms with Crippen LogP contribution < -0.4 is 10.1 Å². The minimum Gasteiger partial charge on any atom is -0.486 e. The normalized spacial score (nSPS) is 10.8. The summed E-state index contributed by atoms with van der Waals surface area (Å²) in [5.74, 6) is 0.189. The van der Waals surface area contributed by atoms with E-state index in [9.17, 15) is 4.79 Å². The maximum absolute atomic E-state index is 12.5. The smallest absolute Gasteiger partial charge is 0.251 e. The first-order valence-electron chi connectivity index (χ1n) is 9.04. The molecule has 0 spiro atoms. The van der Waals surface area contributed by atoms with Crippen LogP contribution in [0.4, 0.5) is 0 Å². The van der Waals surface area contributed by atoms with Gasteiger partial charge in [-0.1, -0.05) is 46.9 Å². The molecule has 0 unspecified atom stereocenters. The van der Waals surface area contributed by atoms with E-state index in [1.807, 2.05) is 24.6 Å². The lowest BCUT2D eigenvalue weighted by Crippen LogP contribution is -2.23. The van der Waals surface area contributed by atoms with Crippen molar-refractivity contribution in [3.63, 3.8) is 0 Å². The first-order chi connectivity index (χ1) is 13.9. The fourth-order valence-corrected chi connectivity index (χ4v) is 3.81. The van der Waals surface area contributed by atoms with E-state index in [4.69, 9.17) is 39.5 Å². The summed E-state index contributed by atoms with van der Waals surface area (Å²) in [5.41, 5.74) is 3.40. The molecule has 3 aromatic rings. The van der Waals surface area contributed by atoms with Crippen molar-refractivity contribution < 1.29 is 9.53 Å². The van der Waals surface area contributed by atoms with Crippen LogP contribution in [0.25, 0.3) is 0 Å². The van der Waals surface area contributed by atoms with Crippen molar-refractivity contribution in [3.05, 3.63) is 80.0 Å². The van der Waals surface area contributed by atoms with Gasteiger partial charge >= 0.3 is 0 Å². The molecule has 0 saturated heterocycles. The minimum atomic E-state index is -0.168. The Morgan fingerprint density at radius 1 is 1.17 bits per heavy atom. The van der Waals surface area contributed by atoms with Gasteiger partial charge in [0.05, 0.1) is 16.2 Å². The summed E-state index contributed by atoms with van der Waals surface area (Å²) in [6.45, 7) is 5.44. The van der Waals surface area contributed by atoms with Crippen molar-refractivity contribution in [1.29, 1.82) is 0 Å². The van der Waals surface area contributed by atoms with Crippen LogP contribution in [0.2, 0.25) is 15.1 Å². The number of ether oxygens (including phenoxy) is 1. The highest BCUT2D eigenvalue weighted by Gasteiger charge is 2.12. The molecule has 0 aliphatic carbocycles. The van der Waals surface area contributed by atoms with Gasteiger partial charge in [0.2, 0.25) is 0 Å². The zero-order valence-corrected chi connectivity index (χ0v) is 18.3. The van der Waals surface area contributed by atoms with E-state index in [-0.39, 0.29) is 12.5 Å². The quantitative estimate of drug-likeness (QED) is 0.502. The van der Waals surface area contributed by atoms with Gasteiger partial charge in [0.25, 0.3) is 5.91 Å². The van der Waals surface area contributed by atoms with Gasteiger partial charge in [0, 0.05) is 34.9 Å². The van der Waals surface area contributed by atoms with E-state index in [1.54, 1.807) is 36.5 Å². The Morgan fingerprint density at radius 3 is 2.55 bits per heavy atom. The minimum absolute atomic E-state index is 0.168. The van der Waals surface area contributed by atoms with Crippen molar-refractivity contribution in [1.82, 2.24) is 15.1 Å². The number of aryl methyl sites for hydroxylation is 1. The van der Waals surface area contributed by atoms with Gasteiger partial charge in [-0.15, -0.1) is 0 Å². The molecule has 8 heteroatoms. The molecule has 0 fully saturated rings. The number of benzene rings is 2. The van der Waals surface area contributed by atoms with Gasteiger partial charge in [0.15, 0.2) is 5.75 Å². The third-order valence-corrected chi connectivity index (χ3v) is 5.26. The summed E-state index contributed by atoms with van der Waals surface area (Å²) in [7, 11) is 0. The summed E-state index contributed by atoms with van der Waals surface area (Å²) < 4.78 is 7.63. The molecule has 0 aliphatic heterocycles. The Labute approximate surface area is 184 Å². The van der Waals surface area contributed by atoms with Gasteiger partial charge in [-0.3, -0.25) is 9.48 Å². The van der Waals surface area contributed by atoms with E-state index in [0.717, 1.165) is 23.4 Å². The van der Waals surface area contributed by atoms with Crippen LogP contribution in [0, 0.1) is 6.92 Å². The highest BCUT2D eigenvalue weighted by Crippen LogP contribution is 2.36. The number of amides is 1. The third kappa shape index (κ3) is 5.24. The van der Waals surface area contributed by atoms with Crippen LogP contribution >= 0.6 is 34.8 Å². The fourth-order valence-electron chi connectivity index (χ4n) is 2.88. The molecule has 0 saturated carbocycles. The van der Waals surface area contributed by atoms with E-state index in [0.29, 0.717) is 32.9 Å². The van der Waals surface area contributed by atoms with Gasteiger partial charge in [-0.05, 0) is 43.7 Å². The zero-order valence-electron chi connectivity index (χ0n) is 16.0. The van der Waals surface area contributed by atoms with E-state index < -0.39 is 0 Å². The average Bonchev–Trinajstić information content (AvgIpc) is 3.05. The largest absolute Gasteiger partial charge is 0.486 e. The molecule has 0 radical (unpaired) electrons. The van der Waals surface area contributed by atoms with Crippen molar-refractivity contribution in [3.8, 4) is 5.75 Å². The fraction of sp³-hybridized carbons (Fsp3) is 0.238. The van der Waals surface area contributed by atoms with Crippen molar-refractivity contribution in [2.24, 2.45) is 0 Å². The maximum atomic E-state index is 12.5. The van der Waals surface area contributed by atoms with E-state index in [1.165, 1.54) is 0 Å². The number of hydrogen-bond acceptors (Lipinski definition) is 3. The Balaban J connectivity index is 1.64. The van der Waals surface area contributed by atoms with Gasteiger partial charge < -0.3 is 10.1 Å². The first-order valence-corrected chi connectivity index (χ1v) is 10.2. The number of halogens is 3. The number of aromatic nitrogens is 2. The monoisotopic (exact) mass is 451 g/mol. The number of nitrogens with one attached hydrogen (secondary N) is 1. The van der Waals surface area contributed by atoms with Crippen molar-refractivity contribution in [2.75, 3.05) is 0 Å². The van der Waals surface area contributed by atoms with E-state index >= 15 is 0 Å². The highest BCUT2D eigenvalue weighted by atomic mass is 35.5. The number of nitrogens with zero attached hydrogens (tertiary/aromatic N) is 2. The average molecular weight is 453 g/mol. The van der Waals surface area contributed by atoms with Crippen LogP contribution in [-0.2, 0) is 19.7 Å². The predicted octanol–water partition coefficient (Wildman–Crippen LogP) is 5.68. The molecule has 1 amide bonds. The molecule has 1 aromatic heterocycles. The molecule has 2 aromatic carbocycles. The SMILES string of the molecule is CCn1ncc(CNC(=O)c2cccc(COc3c(Cl)cc(Cl)cc3Cl)c2)c1C. The molecule has 29 heavy (non-hydrogen) atoms. The summed E-state index contributed by atoms with van der Waals surface area (Å²) in [4.78, 5) is 12.5. The van der Waals surface area contributed by atoms with Crippen molar-refractivity contribution >= 4 is 40.7 Å². The Morgan fingerprint density at radius 2 is 1.90 bits per heavy atom. The molecule has 152 valence electrons. The van der Waals surface area contributed by atoms with Crippen LogP contribution in [0.3, 0.4) is 0 Å². The molecule has 1 heterocycles. The van der Waals surface area contributed by atoms with Crippen LogP contribution in [0.15, 0.2) is 42.6 Å². The molecule has 3 rings (SSSR count). The van der Waals surface area contributed by atoms with Crippen molar-refractivity contribution in [2.45, 2.75) is 33.5 Å². The lowest BCUT2D eigenvalue weighted by atomic mass is 10.1. The first kappa shape index (κ1) is 21.5. The number of rotatable bonds is 7. The second-order valence-electron chi connectivity index (χ2n) is 6.44. The molecule has 1 N–H and O–H groups in total. The van der Waals surface area contributed by atoms with Crippen LogP contribution in [0.5, 0.6) is 5.75 Å². The zero-order chi connectivity index (χ0) is 21.0. The van der Waals surface area contributed by atoms with Crippen LogP contribution in [0.1, 0.15) is 34.1 Å². The summed E-state index contributed by atoms with van der Waals surface area (Å²) in [6, 6.07) is 10.3. The van der Waals surface area contributed by atoms with Gasteiger partial charge in [-0.2, -0.15) is 5.10 Å². The molecule has 5 nitrogen and oxygen atoms in total. The van der Waals surface area contributed by atoms with E-state index in [2.05, 4.69) is 10.4 Å². The summed E-state index contributed by atoms with van der Waals surface area (Å²) in [6.07, 6.45) is 1.78. The lowest BCUT2D eigenvalue weighted by Gasteiger charge is -2.11. The standard InChI is InChI=1S/C21H20Cl3N3O2/c1-3-27-13(2)16(11-26-27)10-25-21(28)15-6-4-5-14(7-15)12-29-20-18(23)8-17(22)9-19(20)24/h4-9,11H,3,10,12H2,1-2H3,(H,25,28). The second kappa shape index (κ2) is 9.53. The Kier molecular flexibility index (Phi) is 7.06. The predicted molar refractivity (Wildman–Crippen MR) is 116 cm³/mol. The molecule has 0 aliphatic rings. The molecule has 0 atom stereocenters. The lowest BCUT2D eigenvalue weighted by molar-refractivity contribution is 0.0950. The topological polar surface area (TPSA) is 56.2 Å². The van der Waals surface area contributed by atoms with Crippen LogP contribution in [-0.4, -0.2) is 15.7 Å². The second-order valence-corrected chi connectivity index (χ2v) is 7.69. The molecular formula is C21H20Cl3N3O2. The number of carbonyl (C=O) groups excluding carboxylic acids is 1. The van der Waals surface area contributed by atoms with Gasteiger partial charge in [0.1, 0.15) is 6.61 Å².